The van der Waals surface area contributed by atoms with Gasteiger partial charge in [-0.25, -0.2) is 0 Å². The Kier molecular flexibility index (Phi) is 4.02. The highest BCUT2D eigenvalue weighted by molar-refractivity contribution is 9.10. The highest BCUT2D eigenvalue weighted by atomic mass is 79.9. The number of halogens is 1. The predicted molar refractivity (Wildman–Crippen MR) is 70.8 cm³/mol. The third kappa shape index (κ3) is 3.35. The van der Waals surface area contributed by atoms with Gasteiger partial charge in [0.25, 0.3) is 0 Å². The largest absolute Gasteiger partial charge is 0.497 e. The summed E-state index contributed by atoms with van der Waals surface area (Å²) < 4.78 is 6.29. The van der Waals surface area contributed by atoms with Gasteiger partial charge < -0.3 is 10.1 Å². The molecule has 1 saturated carbocycles. The first-order valence-electron chi connectivity index (χ1n) is 5.53. The second-order valence-electron chi connectivity index (χ2n) is 3.97. The van der Waals surface area contributed by atoms with Gasteiger partial charge in [-0.2, -0.15) is 0 Å². The standard InChI is InChI=1S/C13H16BrNO/c1-16-12-6-7-13(14)10(9-12)3-2-8-15-11-4-5-11/h2-3,6-7,9,11,15H,4-5,8H2,1H3/b3-2+. The maximum Gasteiger partial charge on any atom is 0.119 e. The van der Waals surface area contributed by atoms with Crippen LogP contribution in [0, 0.1) is 0 Å². The summed E-state index contributed by atoms with van der Waals surface area (Å²) >= 11 is 3.53. The minimum atomic E-state index is 0.762. The summed E-state index contributed by atoms with van der Waals surface area (Å²) in [7, 11) is 1.69. The molecule has 0 saturated heterocycles. The Morgan fingerprint density at radius 1 is 1.50 bits per heavy atom. The van der Waals surface area contributed by atoms with Crippen molar-refractivity contribution in [3.05, 3.63) is 34.3 Å². The topological polar surface area (TPSA) is 21.3 Å². The molecule has 16 heavy (non-hydrogen) atoms. The van der Waals surface area contributed by atoms with E-state index in [1.807, 2.05) is 18.2 Å². The van der Waals surface area contributed by atoms with Crippen LogP contribution in [0.3, 0.4) is 0 Å². The third-order valence-electron chi connectivity index (χ3n) is 2.60. The fourth-order valence-corrected chi connectivity index (χ4v) is 1.86. The summed E-state index contributed by atoms with van der Waals surface area (Å²) in [6.45, 7) is 0.939. The first-order chi connectivity index (χ1) is 7.79. The van der Waals surface area contributed by atoms with Crippen LogP contribution in [-0.2, 0) is 0 Å². The summed E-state index contributed by atoms with van der Waals surface area (Å²) in [5, 5.41) is 3.44. The van der Waals surface area contributed by atoms with Crippen LogP contribution in [0.5, 0.6) is 5.75 Å². The van der Waals surface area contributed by atoms with Crippen molar-refractivity contribution in [1.82, 2.24) is 5.32 Å². The lowest BCUT2D eigenvalue weighted by Gasteiger charge is -2.03. The van der Waals surface area contributed by atoms with Crippen molar-refractivity contribution in [2.75, 3.05) is 13.7 Å². The van der Waals surface area contributed by atoms with Crippen molar-refractivity contribution in [2.24, 2.45) is 0 Å². The zero-order valence-corrected chi connectivity index (χ0v) is 11.0. The molecule has 2 nitrogen and oxygen atoms in total. The van der Waals surface area contributed by atoms with Gasteiger partial charge in [0.1, 0.15) is 5.75 Å². The van der Waals surface area contributed by atoms with Gasteiger partial charge in [0.15, 0.2) is 0 Å². The molecule has 1 N–H and O–H groups in total. The van der Waals surface area contributed by atoms with Crippen LogP contribution in [0.4, 0.5) is 0 Å². The van der Waals surface area contributed by atoms with Crippen LogP contribution in [0.25, 0.3) is 6.08 Å². The molecule has 0 spiro atoms. The number of benzene rings is 1. The highest BCUT2D eigenvalue weighted by Crippen LogP contribution is 2.23. The number of ether oxygens (including phenoxy) is 1. The van der Waals surface area contributed by atoms with Gasteiger partial charge in [-0.05, 0) is 36.6 Å². The van der Waals surface area contributed by atoms with Crippen molar-refractivity contribution >= 4 is 22.0 Å². The molecular weight excluding hydrogens is 266 g/mol. The van der Waals surface area contributed by atoms with E-state index in [-0.39, 0.29) is 0 Å². The van der Waals surface area contributed by atoms with Crippen molar-refractivity contribution in [2.45, 2.75) is 18.9 Å². The number of hydrogen-bond donors (Lipinski definition) is 1. The minimum Gasteiger partial charge on any atom is -0.497 e. The lowest BCUT2D eigenvalue weighted by atomic mass is 10.2. The molecular formula is C13H16BrNO. The van der Waals surface area contributed by atoms with Crippen molar-refractivity contribution in [3.63, 3.8) is 0 Å². The maximum absolute atomic E-state index is 5.19. The quantitative estimate of drug-likeness (QED) is 0.895. The zero-order valence-electron chi connectivity index (χ0n) is 9.37. The van der Waals surface area contributed by atoms with Crippen LogP contribution in [0.1, 0.15) is 18.4 Å². The van der Waals surface area contributed by atoms with E-state index in [0.29, 0.717) is 0 Å². The zero-order chi connectivity index (χ0) is 11.4. The van der Waals surface area contributed by atoms with Gasteiger partial charge in [-0.1, -0.05) is 28.1 Å². The second-order valence-corrected chi connectivity index (χ2v) is 4.83. The molecule has 1 aromatic carbocycles. The number of methoxy groups -OCH3 is 1. The van der Waals surface area contributed by atoms with Gasteiger partial charge in [-0.3, -0.25) is 0 Å². The number of nitrogens with one attached hydrogen (secondary N) is 1. The van der Waals surface area contributed by atoms with Gasteiger partial charge >= 0.3 is 0 Å². The van der Waals surface area contributed by atoms with Crippen LogP contribution in [0.15, 0.2) is 28.7 Å². The SMILES string of the molecule is COc1ccc(Br)c(/C=C/CNC2CC2)c1. The molecule has 0 aromatic heterocycles. The number of rotatable bonds is 5. The molecule has 1 aromatic rings. The molecule has 1 fully saturated rings. The third-order valence-corrected chi connectivity index (χ3v) is 3.32. The normalized spacial score (nSPS) is 15.6. The second kappa shape index (κ2) is 5.51. The molecule has 0 bridgehead atoms. The van der Waals surface area contributed by atoms with E-state index < -0.39 is 0 Å². The van der Waals surface area contributed by atoms with E-state index in [2.05, 4.69) is 33.4 Å². The summed E-state index contributed by atoms with van der Waals surface area (Å²) in [6, 6.07) is 6.74. The molecule has 0 radical (unpaired) electrons. The Bertz CT molecular complexity index is 386. The molecule has 3 heteroatoms. The van der Waals surface area contributed by atoms with E-state index in [1.165, 1.54) is 12.8 Å². The fourth-order valence-electron chi connectivity index (χ4n) is 1.48. The molecule has 0 amide bonds. The lowest BCUT2D eigenvalue weighted by molar-refractivity contribution is 0.414. The minimum absolute atomic E-state index is 0.762. The molecule has 1 aliphatic carbocycles. The van der Waals surface area contributed by atoms with E-state index >= 15 is 0 Å². The van der Waals surface area contributed by atoms with E-state index in [4.69, 9.17) is 4.74 Å². The Balaban J connectivity index is 1.95. The van der Waals surface area contributed by atoms with Gasteiger partial charge in [-0.15, -0.1) is 0 Å². The smallest absolute Gasteiger partial charge is 0.119 e. The highest BCUT2D eigenvalue weighted by Gasteiger charge is 2.18. The van der Waals surface area contributed by atoms with E-state index in [9.17, 15) is 0 Å². The lowest BCUT2D eigenvalue weighted by Crippen LogP contribution is -2.15. The molecule has 0 heterocycles. The molecule has 1 aliphatic rings. The molecule has 0 aliphatic heterocycles. The summed E-state index contributed by atoms with van der Waals surface area (Å²) in [5.74, 6) is 0.887. The van der Waals surface area contributed by atoms with Gasteiger partial charge in [0, 0.05) is 17.1 Å². The molecule has 86 valence electrons. The van der Waals surface area contributed by atoms with Crippen LogP contribution in [-0.4, -0.2) is 19.7 Å². The van der Waals surface area contributed by atoms with E-state index in [1.54, 1.807) is 7.11 Å². The van der Waals surface area contributed by atoms with Crippen LogP contribution >= 0.6 is 15.9 Å². The molecule has 2 rings (SSSR count). The Hall–Kier alpha value is -0.800. The molecule has 0 atom stereocenters. The first kappa shape index (κ1) is 11.7. The Morgan fingerprint density at radius 3 is 3.00 bits per heavy atom. The Morgan fingerprint density at radius 2 is 2.31 bits per heavy atom. The summed E-state index contributed by atoms with van der Waals surface area (Å²) in [4.78, 5) is 0. The monoisotopic (exact) mass is 281 g/mol. The summed E-state index contributed by atoms with van der Waals surface area (Å²) in [6.07, 6.45) is 6.92. The first-order valence-corrected chi connectivity index (χ1v) is 6.32. The Labute approximate surface area is 105 Å². The average Bonchev–Trinajstić information content (AvgIpc) is 3.10. The summed E-state index contributed by atoms with van der Waals surface area (Å²) in [5.41, 5.74) is 1.15. The van der Waals surface area contributed by atoms with Crippen LogP contribution < -0.4 is 10.1 Å². The van der Waals surface area contributed by atoms with Crippen LogP contribution in [0.2, 0.25) is 0 Å². The van der Waals surface area contributed by atoms with Crippen molar-refractivity contribution in [3.8, 4) is 5.75 Å². The van der Waals surface area contributed by atoms with Crippen molar-refractivity contribution < 1.29 is 4.74 Å². The van der Waals surface area contributed by atoms with Gasteiger partial charge in [0.2, 0.25) is 0 Å². The maximum atomic E-state index is 5.19. The predicted octanol–water partition coefficient (Wildman–Crippen LogP) is 3.22. The van der Waals surface area contributed by atoms with E-state index in [0.717, 1.165) is 28.4 Å². The van der Waals surface area contributed by atoms with Crippen molar-refractivity contribution in [1.29, 1.82) is 0 Å². The fraction of sp³-hybridized carbons (Fsp3) is 0.385. The number of hydrogen-bond acceptors (Lipinski definition) is 2. The van der Waals surface area contributed by atoms with Gasteiger partial charge in [0.05, 0.1) is 7.11 Å². The molecule has 0 unspecified atom stereocenters. The average molecular weight is 282 g/mol.